The predicted octanol–water partition coefficient (Wildman–Crippen LogP) is 1.41. The topological polar surface area (TPSA) is 80.8 Å². The average Bonchev–Trinajstić information content (AvgIpc) is 2.78. The zero-order valence-corrected chi connectivity index (χ0v) is 12.9. The monoisotopic (exact) mass is 331 g/mol. The van der Waals surface area contributed by atoms with E-state index < -0.39 is 27.3 Å². The quantitative estimate of drug-likeness (QED) is 0.602. The molecule has 0 N–H and O–H groups in total. The minimum absolute atomic E-state index is 0.00621. The molecule has 0 saturated carbocycles. The van der Waals surface area contributed by atoms with Crippen molar-refractivity contribution in [2.75, 3.05) is 6.73 Å². The lowest BCUT2D eigenvalue weighted by Gasteiger charge is -2.19. The third kappa shape index (κ3) is 3.42. The van der Waals surface area contributed by atoms with Crippen molar-refractivity contribution in [3.63, 3.8) is 0 Å². The summed E-state index contributed by atoms with van der Waals surface area (Å²) in [5.74, 6) is -0.663. The molecule has 1 aromatic carbocycles. The molecule has 0 aromatic heterocycles. The van der Waals surface area contributed by atoms with Crippen molar-refractivity contribution in [3.05, 3.63) is 29.8 Å². The molecule has 114 valence electrons. The van der Waals surface area contributed by atoms with Crippen molar-refractivity contribution in [1.82, 2.24) is 4.31 Å². The SMILES string of the molecule is Cc1ccc(S(=O)(=O)N2COC(=O)[C@@H]2CCC(=O)Cl)cc1. The van der Waals surface area contributed by atoms with Gasteiger partial charge in [-0.05, 0) is 37.1 Å². The number of benzene rings is 1. The molecule has 1 aliphatic rings. The van der Waals surface area contributed by atoms with Crippen molar-refractivity contribution >= 4 is 32.8 Å². The van der Waals surface area contributed by atoms with Gasteiger partial charge < -0.3 is 4.74 Å². The second-order valence-electron chi connectivity index (χ2n) is 4.71. The number of ether oxygens (including phenoxy) is 1. The highest BCUT2D eigenvalue weighted by atomic mass is 35.5. The van der Waals surface area contributed by atoms with Crippen LogP contribution in [-0.4, -0.2) is 36.7 Å². The number of carbonyl (C=O) groups is 2. The summed E-state index contributed by atoms with van der Waals surface area (Å²) in [6, 6.07) is 5.26. The van der Waals surface area contributed by atoms with E-state index in [2.05, 4.69) is 0 Å². The van der Waals surface area contributed by atoms with Crippen LogP contribution in [0.15, 0.2) is 29.2 Å². The summed E-state index contributed by atoms with van der Waals surface area (Å²) in [5.41, 5.74) is 0.923. The number of nitrogens with zero attached hydrogens (tertiary/aromatic N) is 1. The Balaban J connectivity index is 2.27. The molecule has 2 rings (SSSR count). The van der Waals surface area contributed by atoms with Gasteiger partial charge in [0.25, 0.3) is 0 Å². The highest BCUT2D eigenvalue weighted by Crippen LogP contribution is 2.25. The molecule has 1 heterocycles. The van der Waals surface area contributed by atoms with Crippen LogP contribution < -0.4 is 0 Å². The summed E-state index contributed by atoms with van der Waals surface area (Å²) in [6.07, 6.45) is -0.0898. The second-order valence-corrected chi connectivity index (χ2v) is 7.02. The highest BCUT2D eigenvalue weighted by molar-refractivity contribution is 7.89. The number of sulfonamides is 1. The Morgan fingerprint density at radius 3 is 2.57 bits per heavy atom. The maximum atomic E-state index is 12.5. The van der Waals surface area contributed by atoms with Gasteiger partial charge in [0.15, 0.2) is 6.73 Å². The Morgan fingerprint density at radius 1 is 1.38 bits per heavy atom. The van der Waals surface area contributed by atoms with E-state index >= 15 is 0 Å². The van der Waals surface area contributed by atoms with E-state index in [9.17, 15) is 18.0 Å². The Kier molecular flexibility index (Phi) is 4.65. The molecule has 1 aromatic rings. The van der Waals surface area contributed by atoms with E-state index in [-0.39, 0.29) is 24.5 Å². The minimum atomic E-state index is -3.85. The molecule has 1 atom stereocenters. The number of aryl methyl sites for hydroxylation is 1. The summed E-state index contributed by atoms with van der Waals surface area (Å²) in [6.45, 7) is 1.49. The number of carbonyl (C=O) groups excluding carboxylic acids is 2. The minimum Gasteiger partial charge on any atom is -0.447 e. The predicted molar refractivity (Wildman–Crippen MR) is 75.0 cm³/mol. The van der Waals surface area contributed by atoms with Gasteiger partial charge in [-0.3, -0.25) is 9.59 Å². The van der Waals surface area contributed by atoms with Crippen LogP contribution >= 0.6 is 11.6 Å². The summed E-state index contributed by atoms with van der Waals surface area (Å²) < 4.78 is 30.8. The first-order chi connectivity index (χ1) is 9.82. The molecule has 0 aliphatic carbocycles. The van der Waals surface area contributed by atoms with Crippen LogP contribution in [0.4, 0.5) is 0 Å². The van der Waals surface area contributed by atoms with E-state index in [1.54, 1.807) is 12.1 Å². The molecule has 1 aliphatic heterocycles. The standard InChI is InChI=1S/C13H14ClNO5S/c1-9-2-4-10(5-3-9)21(18,19)15-8-20-13(17)11(15)6-7-12(14)16/h2-5,11H,6-8H2,1H3/t11-/m0/s1. The number of cyclic esters (lactones) is 1. The van der Waals surface area contributed by atoms with Crippen molar-refractivity contribution in [2.45, 2.75) is 30.7 Å². The van der Waals surface area contributed by atoms with Crippen molar-refractivity contribution < 1.29 is 22.7 Å². The van der Waals surface area contributed by atoms with Crippen molar-refractivity contribution in [1.29, 1.82) is 0 Å². The zero-order valence-electron chi connectivity index (χ0n) is 11.3. The van der Waals surface area contributed by atoms with Crippen LogP contribution in [-0.2, 0) is 24.3 Å². The van der Waals surface area contributed by atoms with Crippen molar-refractivity contribution in [3.8, 4) is 0 Å². The van der Waals surface area contributed by atoms with Gasteiger partial charge in [0.05, 0.1) is 4.90 Å². The van der Waals surface area contributed by atoms with Crippen LogP contribution in [0.1, 0.15) is 18.4 Å². The lowest BCUT2D eigenvalue weighted by molar-refractivity contribution is -0.139. The second kappa shape index (κ2) is 6.13. The molecule has 0 bridgehead atoms. The van der Waals surface area contributed by atoms with Gasteiger partial charge in [-0.25, -0.2) is 8.42 Å². The number of rotatable bonds is 5. The third-order valence-electron chi connectivity index (χ3n) is 3.20. The lowest BCUT2D eigenvalue weighted by atomic mass is 10.2. The first kappa shape index (κ1) is 15.9. The molecule has 0 spiro atoms. The number of halogens is 1. The number of hydrogen-bond acceptors (Lipinski definition) is 5. The first-order valence-electron chi connectivity index (χ1n) is 6.26. The fraction of sp³-hybridized carbons (Fsp3) is 0.385. The van der Waals surface area contributed by atoms with E-state index in [0.717, 1.165) is 9.87 Å². The van der Waals surface area contributed by atoms with Gasteiger partial charge in [-0.15, -0.1) is 4.31 Å². The largest absolute Gasteiger partial charge is 0.447 e. The molecule has 0 amide bonds. The molecule has 1 fully saturated rings. The Morgan fingerprint density at radius 2 is 2.00 bits per heavy atom. The molecule has 6 nitrogen and oxygen atoms in total. The van der Waals surface area contributed by atoms with Crippen LogP contribution in [0.2, 0.25) is 0 Å². The molecular weight excluding hydrogens is 318 g/mol. The number of esters is 1. The van der Waals surface area contributed by atoms with Gasteiger partial charge in [0, 0.05) is 6.42 Å². The summed E-state index contributed by atoms with van der Waals surface area (Å²) in [4.78, 5) is 22.5. The molecule has 8 heteroatoms. The van der Waals surface area contributed by atoms with Gasteiger partial charge in [0.2, 0.25) is 15.3 Å². The van der Waals surface area contributed by atoms with Gasteiger partial charge >= 0.3 is 5.97 Å². The van der Waals surface area contributed by atoms with Gasteiger partial charge in [0.1, 0.15) is 6.04 Å². The van der Waals surface area contributed by atoms with E-state index in [1.807, 2.05) is 6.92 Å². The van der Waals surface area contributed by atoms with Crippen molar-refractivity contribution in [2.24, 2.45) is 0 Å². The first-order valence-corrected chi connectivity index (χ1v) is 8.07. The van der Waals surface area contributed by atoms with Crippen LogP contribution in [0, 0.1) is 6.92 Å². The van der Waals surface area contributed by atoms with Gasteiger partial charge in [-0.1, -0.05) is 17.7 Å². The normalized spacial score (nSPS) is 19.5. The van der Waals surface area contributed by atoms with Crippen LogP contribution in [0.5, 0.6) is 0 Å². The van der Waals surface area contributed by atoms with Crippen LogP contribution in [0.25, 0.3) is 0 Å². The third-order valence-corrected chi connectivity index (χ3v) is 5.23. The fourth-order valence-electron chi connectivity index (χ4n) is 2.03. The maximum absolute atomic E-state index is 12.5. The Hall–Kier alpha value is -1.44. The van der Waals surface area contributed by atoms with E-state index in [1.165, 1.54) is 12.1 Å². The van der Waals surface area contributed by atoms with E-state index in [0.29, 0.717) is 0 Å². The molecule has 21 heavy (non-hydrogen) atoms. The summed E-state index contributed by atoms with van der Waals surface area (Å²) in [5, 5.41) is -0.623. The fourth-order valence-corrected chi connectivity index (χ4v) is 3.60. The molecule has 1 saturated heterocycles. The zero-order chi connectivity index (χ0) is 15.6. The van der Waals surface area contributed by atoms with E-state index in [4.69, 9.17) is 16.3 Å². The van der Waals surface area contributed by atoms with Crippen LogP contribution in [0.3, 0.4) is 0 Å². The lowest BCUT2D eigenvalue weighted by Crippen LogP contribution is -2.38. The summed E-state index contributed by atoms with van der Waals surface area (Å²) in [7, 11) is -3.85. The van der Waals surface area contributed by atoms with Gasteiger partial charge in [-0.2, -0.15) is 0 Å². The summed E-state index contributed by atoms with van der Waals surface area (Å²) >= 11 is 5.24. The maximum Gasteiger partial charge on any atom is 0.325 e. The Bertz CT molecular complexity index is 656. The smallest absolute Gasteiger partial charge is 0.325 e. The Labute approximate surface area is 127 Å². The molecular formula is C13H14ClNO5S. The molecule has 0 unspecified atom stereocenters. The molecule has 0 radical (unpaired) electrons. The highest BCUT2D eigenvalue weighted by Gasteiger charge is 2.42. The average molecular weight is 332 g/mol. The number of hydrogen-bond donors (Lipinski definition) is 0.